The van der Waals surface area contributed by atoms with Gasteiger partial charge in [0.05, 0.1) is 6.04 Å². The van der Waals surface area contributed by atoms with E-state index in [0.29, 0.717) is 0 Å². The van der Waals surface area contributed by atoms with Crippen LogP contribution in [-0.2, 0) is 0 Å². The highest BCUT2D eigenvalue weighted by molar-refractivity contribution is 5.26. The lowest BCUT2D eigenvalue weighted by molar-refractivity contribution is 0.732. The van der Waals surface area contributed by atoms with Crippen LogP contribution in [0.4, 0.5) is 0 Å². The van der Waals surface area contributed by atoms with Crippen molar-refractivity contribution in [2.45, 2.75) is 6.04 Å². The monoisotopic (exact) mass is 156 g/mol. The molecule has 0 bridgehead atoms. The van der Waals surface area contributed by atoms with Crippen LogP contribution in [0.2, 0.25) is 0 Å². The standard InChI is InChI=1S/C11H10N/c1-2-6-10(7-3-1)11-8-4-5-9-12-11/h1-9,11H. The summed E-state index contributed by atoms with van der Waals surface area (Å²) in [6, 6.07) is 10.5. The number of hydrogen-bond donors (Lipinski definition) is 0. The van der Waals surface area contributed by atoms with Gasteiger partial charge < -0.3 is 0 Å². The first kappa shape index (κ1) is 7.17. The van der Waals surface area contributed by atoms with Crippen LogP contribution in [0, 0.1) is 0 Å². The van der Waals surface area contributed by atoms with Crippen molar-refractivity contribution in [2.75, 3.05) is 0 Å². The van der Waals surface area contributed by atoms with Gasteiger partial charge in [0, 0.05) is 6.20 Å². The van der Waals surface area contributed by atoms with E-state index in [2.05, 4.69) is 23.5 Å². The molecule has 1 heteroatoms. The minimum Gasteiger partial charge on any atom is -0.281 e. The molecule has 1 atom stereocenters. The van der Waals surface area contributed by atoms with Gasteiger partial charge in [-0.1, -0.05) is 42.5 Å². The Morgan fingerprint density at radius 2 is 1.83 bits per heavy atom. The van der Waals surface area contributed by atoms with Crippen molar-refractivity contribution in [3.63, 3.8) is 0 Å². The number of allylic oxidation sites excluding steroid dienone is 2. The molecular weight excluding hydrogens is 146 g/mol. The summed E-state index contributed by atoms with van der Waals surface area (Å²) in [6.45, 7) is 0. The van der Waals surface area contributed by atoms with Crippen molar-refractivity contribution in [3.8, 4) is 0 Å². The fraction of sp³-hybridized carbons (Fsp3) is 0.0909. The molecular formula is C11H10N. The van der Waals surface area contributed by atoms with Gasteiger partial charge in [-0.2, -0.15) is 0 Å². The molecule has 0 aromatic heterocycles. The zero-order valence-electron chi connectivity index (χ0n) is 6.72. The maximum Gasteiger partial charge on any atom is 0.0933 e. The number of benzene rings is 1. The Kier molecular flexibility index (Phi) is 1.95. The molecule has 59 valence electrons. The van der Waals surface area contributed by atoms with E-state index >= 15 is 0 Å². The number of nitrogens with zero attached hydrogens (tertiary/aromatic N) is 1. The van der Waals surface area contributed by atoms with Crippen LogP contribution < -0.4 is 5.32 Å². The molecule has 1 aromatic carbocycles. The normalized spacial score (nSPS) is 20.5. The van der Waals surface area contributed by atoms with Gasteiger partial charge in [-0.05, 0) is 11.6 Å². The summed E-state index contributed by atoms with van der Waals surface area (Å²) >= 11 is 0. The van der Waals surface area contributed by atoms with Crippen LogP contribution in [0.3, 0.4) is 0 Å². The van der Waals surface area contributed by atoms with Gasteiger partial charge in [0.2, 0.25) is 0 Å². The van der Waals surface area contributed by atoms with Gasteiger partial charge in [-0.25, -0.2) is 0 Å². The molecule has 0 aliphatic carbocycles. The molecule has 12 heavy (non-hydrogen) atoms. The van der Waals surface area contributed by atoms with Gasteiger partial charge in [0.1, 0.15) is 0 Å². The molecule has 1 aromatic rings. The molecule has 0 saturated heterocycles. The summed E-state index contributed by atoms with van der Waals surface area (Å²) in [5.41, 5.74) is 1.25. The average molecular weight is 156 g/mol. The second kappa shape index (κ2) is 3.26. The Balaban J connectivity index is 2.21. The maximum absolute atomic E-state index is 4.33. The molecule has 1 radical (unpaired) electrons. The largest absolute Gasteiger partial charge is 0.281 e. The van der Waals surface area contributed by atoms with Gasteiger partial charge in [0.15, 0.2) is 0 Å². The molecule has 0 N–H and O–H groups in total. The highest BCUT2D eigenvalue weighted by Gasteiger charge is 2.06. The van der Waals surface area contributed by atoms with Gasteiger partial charge in [0.25, 0.3) is 0 Å². The van der Waals surface area contributed by atoms with E-state index in [4.69, 9.17) is 0 Å². The molecule has 0 saturated carbocycles. The lowest BCUT2D eigenvalue weighted by atomic mass is 10.1. The lowest BCUT2D eigenvalue weighted by Crippen LogP contribution is -2.07. The predicted octanol–water partition coefficient (Wildman–Crippen LogP) is 2.42. The third-order valence-corrected chi connectivity index (χ3v) is 1.88. The van der Waals surface area contributed by atoms with Crippen LogP contribution in [0.5, 0.6) is 0 Å². The van der Waals surface area contributed by atoms with E-state index in [0.717, 1.165) is 0 Å². The Morgan fingerprint density at radius 3 is 2.50 bits per heavy atom. The van der Waals surface area contributed by atoms with E-state index in [1.54, 1.807) is 0 Å². The van der Waals surface area contributed by atoms with Crippen LogP contribution in [0.25, 0.3) is 0 Å². The van der Waals surface area contributed by atoms with Crippen LogP contribution >= 0.6 is 0 Å². The fourth-order valence-electron chi connectivity index (χ4n) is 1.26. The van der Waals surface area contributed by atoms with Gasteiger partial charge in [-0.15, -0.1) is 0 Å². The Hall–Kier alpha value is -1.50. The van der Waals surface area contributed by atoms with E-state index in [1.165, 1.54) is 5.56 Å². The summed E-state index contributed by atoms with van der Waals surface area (Å²) in [6.07, 6.45) is 7.91. The smallest absolute Gasteiger partial charge is 0.0933 e. The van der Waals surface area contributed by atoms with Crippen LogP contribution in [-0.4, -0.2) is 0 Å². The van der Waals surface area contributed by atoms with Crippen molar-refractivity contribution in [3.05, 3.63) is 60.3 Å². The van der Waals surface area contributed by atoms with Crippen molar-refractivity contribution >= 4 is 0 Å². The third kappa shape index (κ3) is 1.40. The molecule has 0 amide bonds. The van der Waals surface area contributed by atoms with E-state index in [9.17, 15) is 0 Å². The third-order valence-electron chi connectivity index (χ3n) is 1.88. The second-order valence-corrected chi connectivity index (χ2v) is 2.73. The summed E-state index contributed by atoms with van der Waals surface area (Å²) in [7, 11) is 0. The highest BCUT2D eigenvalue weighted by Crippen LogP contribution is 2.16. The summed E-state index contributed by atoms with van der Waals surface area (Å²) in [5, 5.41) is 4.33. The first-order valence-electron chi connectivity index (χ1n) is 4.05. The summed E-state index contributed by atoms with van der Waals surface area (Å²) in [5.74, 6) is 0. The quantitative estimate of drug-likeness (QED) is 0.593. The van der Waals surface area contributed by atoms with Crippen molar-refractivity contribution in [2.24, 2.45) is 0 Å². The Labute approximate surface area is 72.4 Å². The summed E-state index contributed by atoms with van der Waals surface area (Å²) < 4.78 is 0. The van der Waals surface area contributed by atoms with Crippen molar-refractivity contribution in [1.29, 1.82) is 0 Å². The number of rotatable bonds is 1. The molecule has 1 aliphatic heterocycles. The minimum absolute atomic E-state index is 0.219. The first-order valence-corrected chi connectivity index (χ1v) is 4.05. The first-order chi connectivity index (χ1) is 5.97. The van der Waals surface area contributed by atoms with Crippen molar-refractivity contribution in [1.82, 2.24) is 5.32 Å². The SMILES string of the molecule is C1=C[N]C(c2ccccc2)C=C1. The van der Waals surface area contributed by atoms with Crippen LogP contribution in [0.15, 0.2) is 54.8 Å². The summed E-state index contributed by atoms with van der Waals surface area (Å²) in [4.78, 5) is 0. The van der Waals surface area contributed by atoms with E-state index < -0.39 is 0 Å². The van der Waals surface area contributed by atoms with Gasteiger partial charge >= 0.3 is 0 Å². The molecule has 1 nitrogen and oxygen atoms in total. The van der Waals surface area contributed by atoms with Crippen LogP contribution in [0.1, 0.15) is 11.6 Å². The zero-order valence-corrected chi connectivity index (χ0v) is 6.72. The minimum atomic E-state index is 0.219. The average Bonchev–Trinajstić information content (AvgIpc) is 2.21. The number of hydrogen-bond acceptors (Lipinski definition) is 0. The Morgan fingerprint density at radius 1 is 1.00 bits per heavy atom. The van der Waals surface area contributed by atoms with Crippen molar-refractivity contribution < 1.29 is 0 Å². The molecule has 2 rings (SSSR count). The lowest BCUT2D eigenvalue weighted by Gasteiger charge is -2.12. The molecule has 1 heterocycles. The molecule has 1 aliphatic rings. The maximum atomic E-state index is 4.33. The highest BCUT2D eigenvalue weighted by atomic mass is 14.9. The zero-order chi connectivity index (χ0) is 8.23. The molecule has 1 unspecified atom stereocenters. The molecule has 0 fully saturated rings. The Bertz CT molecular complexity index is 298. The molecule has 0 spiro atoms. The predicted molar refractivity (Wildman–Crippen MR) is 49.6 cm³/mol. The topological polar surface area (TPSA) is 14.1 Å². The van der Waals surface area contributed by atoms with Gasteiger partial charge in [-0.3, -0.25) is 5.32 Å². The van der Waals surface area contributed by atoms with E-state index in [1.807, 2.05) is 36.6 Å². The fourth-order valence-corrected chi connectivity index (χ4v) is 1.26. The second-order valence-electron chi connectivity index (χ2n) is 2.73. The van der Waals surface area contributed by atoms with E-state index in [-0.39, 0.29) is 6.04 Å².